The number of nitrogens with one attached hydrogen (secondary N) is 1. The van der Waals surface area contributed by atoms with E-state index in [1.807, 2.05) is 19.1 Å². The van der Waals surface area contributed by atoms with Crippen LogP contribution in [0.1, 0.15) is 11.1 Å². The SMILES string of the molecule is Cc1ccc(Nc2ccc3c(O)cc(C)cc3c2)cc1. The molecule has 0 aromatic heterocycles. The summed E-state index contributed by atoms with van der Waals surface area (Å²) in [6, 6.07) is 18.1. The number of benzene rings is 3. The normalized spacial score (nSPS) is 10.7. The minimum Gasteiger partial charge on any atom is -0.507 e. The second-order valence-electron chi connectivity index (χ2n) is 5.21. The molecule has 3 aromatic rings. The fraction of sp³-hybridized carbons (Fsp3) is 0.111. The Bertz CT molecular complexity index is 760. The van der Waals surface area contributed by atoms with Crippen LogP contribution in [0.2, 0.25) is 0 Å². The van der Waals surface area contributed by atoms with Crippen molar-refractivity contribution < 1.29 is 5.11 Å². The minimum atomic E-state index is 0.335. The summed E-state index contributed by atoms with van der Waals surface area (Å²) in [5.74, 6) is 0.335. The molecule has 0 aliphatic heterocycles. The Kier molecular flexibility index (Phi) is 3.07. The zero-order chi connectivity index (χ0) is 14.1. The number of hydrogen-bond donors (Lipinski definition) is 2. The van der Waals surface area contributed by atoms with Crippen LogP contribution in [0.15, 0.2) is 54.6 Å². The lowest BCUT2D eigenvalue weighted by atomic mass is 10.1. The Hall–Kier alpha value is -2.48. The molecule has 3 aromatic carbocycles. The summed E-state index contributed by atoms with van der Waals surface area (Å²) in [4.78, 5) is 0. The highest BCUT2D eigenvalue weighted by molar-refractivity contribution is 5.91. The van der Waals surface area contributed by atoms with E-state index in [4.69, 9.17) is 0 Å². The van der Waals surface area contributed by atoms with Gasteiger partial charge < -0.3 is 10.4 Å². The van der Waals surface area contributed by atoms with Crippen molar-refractivity contribution >= 4 is 22.1 Å². The summed E-state index contributed by atoms with van der Waals surface area (Å²) >= 11 is 0. The first kappa shape index (κ1) is 12.5. The van der Waals surface area contributed by atoms with E-state index in [-0.39, 0.29) is 0 Å². The van der Waals surface area contributed by atoms with Gasteiger partial charge in [0.15, 0.2) is 0 Å². The van der Waals surface area contributed by atoms with Crippen molar-refractivity contribution in [3.8, 4) is 5.75 Å². The minimum absolute atomic E-state index is 0.335. The second kappa shape index (κ2) is 4.89. The molecular formula is C18H17NO. The van der Waals surface area contributed by atoms with E-state index in [9.17, 15) is 5.11 Å². The van der Waals surface area contributed by atoms with Crippen molar-refractivity contribution in [1.82, 2.24) is 0 Å². The summed E-state index contributed by atoms with van der Waals surface area (Å²) < 4.78 is 0. The zero-order valence-electron chi connectivity index (χ0n) is 11.6. The van der Waals surface area contributed by atoms with Gasteiger partial charge in [-0.2, -0.15) is 0 Å². The Morgan fingerprint density at radius 1 is 0.750 bits per heavy atom. The topological polar surface area (TPSA) is 32.3 Å². The Morgan fingerprint density at radius 2 is 1.45 bits per heavy atom. The molecule has 20 heavy (non-hydrogen) atoms. The number of anilines is 2. The zero-order valence-corrected chi connectivity index (χ0v) is 11.6. The van der Waals surface area contributed by atoms with Crippen LogP contribution in [0.5, 0.6) is 5.75 Å². The first-order chi connectivity index (χ1) is 9.61. The van der Waals surface area contributed by atoms with Crippen molar-refractivity contribution in [2.24, 2.45) is 0 Å². The maximum absolute atomic E-state index is 9.94. The number of aromatic hydroxyl groups is 1. The fourth-order valence-electron chi connectivity index (χ4n) is 2.38. The summed E-state index contributed by atoms with van der Waals surface area (Å²) in [5, 5.41) is 15.2. The van der Waals surface area contributed by atoms with Crippen molar-refractivity contribution in [2.75, 3.05) is 5.32 Å². The van der Waals surface area contributed by atoms with E-state index in [0.29, 0.717) is 5.75 Å². The van der Waals surface area contributed by atoms with Gasteiger partial charge in [-0.1, -0.05) is 23.8 Å². The van der Waals surface area contributed by atoms with Gasteiger partial charge in [0.25, 0.3) is 0 Å². The molecule has 0 aliphatic rings. The number of rotatable bonds is 2. The third kappa shape index (κ3) is 2.45. The largest absolute Gasteiger partial charge is 0.507 e. The molecule has 2 nitrogen and oxygen atoms in total. The molecule has 0 saturated carbocycles. The van der Waals surface area contributed by atoms with E-state index >= 15 is 0 Å². The molecule has 2 N–H and O–H groups in total. The molecule has 0 spiro atoms. The van der Waals surface area contributed by atoms with E-state index < -0.39 is 0 Å². The van der Waals surface area contributed by atoms with Gasteiger partial charge in [0.05, 0.1) is 0 Å². The third-order valence-corrected chi connectivity index (χ3v) is 3.42. The molecule has 0 fully saturated rings. The van der Waals surface area contributed by atoms with Gasteiger partial charge in [-0.05, 0) is 61.2 Å². The third-order valence-electron chi connectivity index (χ3n) is 3.42. The van der Waals surface area contributed by atoms with Crippen LogP contribution in [0.25, 0.3) is 10.8 Å². The van der Waals surface area contributed by atoms with E-state index in [1.54, 1.807) is 6.07 Å². The van der Waals surface area contributed by atoms with Crippen molar-refractivity contribution in [2.45, 2.75) is 13.8 Å². The molecule has 0 aliphatic carbocycles. The molecule has 100 valence electrons. The standard InChI is InChI=1S/C18H17NO/c1-12-3-5-15(6-4-12)19-16-7-8-17-14(11-16)9-13(2)10-18(17)20/h3-11,19-20H,1-2H3. The number of aryl methyl sites for hydroxylation is 2. The van der Waals surface area contributed by atoms with E-state index in [0.717, 1.165) is 27.7 Å². The monoisotopic (exact) mass is 263 g/mol. The van der Waals surface area contributed by atoms with Crippen LogP contribution in [0.3, 0.4) is 0 Å². The lowest BCUT2D eigenvalue weighted by Crippen LogP contribution is -1.90. The smallest absolute Gasteiger partial charge is 0.123 e. The van der Waals surface area contributed by atoms with Gasteiger partial charge in [-0.25, -0.2) is 0 Å². The van der Waals surface area contributed by atoms with E-state index in [1.165, 1.54) is 5.56 Å². The van der Waals surface area contributed by atoms with Crippen molar-refractivity contribution in [3.63, 3.8) is 0 Å². The average molecular weight is 263 g/mol. The van der Waals surface area contributed by atoms with Crippen LogP contribution in [0, 0.1) is 13.8 Å². The fourth-order valence-corrected chi connectivity index (χ4v) is 2.38. The van der Waals surface area contributed by atoms with Gasteiger partial charge in [0.1, 0.15) is 5.75 Å². The molecule has 0 amide bonds. The molecule has 2 heteroatoms. The second-order valence-corrected chi connectivity index (χ2v) is 5.21. The van der Waals surface area contributed by atoms with Gasteiger partial charge in [-0.15, -0.1) is 0 Å². The van der Waals surface area contributed by atoms with Crippen LogP contribution >= 0.6 is 0 Å². The number of fused-ring (bicyclic) bond motifs is 1. The maximum Gasteiger partial charge on any atom is 0.123 e. The van der Waals surface area contributed by atoms with Crippen LogP contribution < -0.4 is 5.32 Å². The first-order valence-corrected chi connectivity index (χ1v) is 6.69. The predicted octanol–water partition coefficient (Wildman–Crippen LogP) is 4.91. The highest BCUT2D eigenvalue weighted by atomic mass is 16.3. The van der Waals surface area contributed by atoms with Gasteiger partial charge in [0.2, 0.25) is 0 Å². The quantitative estimate of drug-likeness (QED) is 0.688. The molecule has 0 saturated heterocycles. The van der Waals surface area contributed by atoms with Gasteiger partial charge >= 0.3 is 0 Å². The Labute approximate surface area is 118 Å². The highest BCUT2D eigenvalue weighted by Crippen LogP contribution is 2.29. The molecule has 0 atom stereocenters. The van der Waals surface area contributed by atoms with Crippen molar-refractivity contribution in [3.05, 3.63) is 65.7 Å². The summed E-state index contributed by atoms with van der Waals surface area (Å²) in [6.07, 6.45) is 0. The lowest BCUT2D eigenvalue weighted by Gasteiger charge is -2.09. The highest BCUT2D eigenvalue weighted by Gasteiger charge is 2.03. The molecule has 0 bridgehead atoms. The van der Waals surface area contributed by atoms with Crippen LogP contribution in [-0.2, 0) is 0 Å². The molecule has 3 rings (SSSR count). The van der Waals surface area contributed by atoms with Crippen LogP contribution in [-0.4, -0.2) is 5.11 Å². The molecule has 0 unspecified atom stereocenters. The van der Waals surface area contributed by atoms with Gasteiger partial charge in [-0.3, -0.25) is 0 Å². The van der Waals surface area contributed by atoms with E-state index in [2.05, 4.69) is 48.6 Å². The number of hydrogen-bond acceptors (Lipinski definition) is 2. The summed E-state index contributed by atoms with van der Waals surface area (Å²) in [5.41, 5.74) is 4.38. The van der Waals surface area contributed by atoms with Crippen molar-refractivity contribution in [1.29, 1.82) is 0 Å². The predicted molar refractivity (Wildman–Crippen MR) is 84.8 cm³/mol. The summed E-state index contributed by atoms with van der Waals surface area (Å²) in [6.45, 7) is 4.06. The van der Waals surface area contributed by atoms with Gasteiger partial charge in [0, 0.05) is 16.8 Å². The average Bonchev–Trinajstić information content (AvgIpc) is 2.41. The Balaban J connectivity index is 1.98. The van der Waals surface area contributed by atoms with Crippen LogP contribution in [0.4, 0.5) is 11.4 Å². The Morgan fingerprint density at radius 3 is 2.20 bits per heavy atom. The molecule has 0 radical (unpaired) electrons. The number of phenolic OH excluding ortho intramolecular Hbond substituents is 1. The summed E-state index contributed by atoms with van der Waals surface area (Å²) in [7, 11) is 0. The first-order valence-electron chi connectivity index (χ1n) is 6.69. The lowest BCUT2D eigenvalue weighted by molar-refractivity contribution is 0.481. The maximum atomic E-state index is 9.94. The molecule has 0 heterocycles. The number of phenols is 1. The molecular weight excluding hydrogens is 246 g/mol.